The Labute approximate surface area is 123 Å². The van der Waals surface area contributed by atoms with Gasteiger partial charge in [-0.3, -0.25) is 0 Å². The Morgan fingerprint density at radius 1 is 1.29 bits per heavy atom. The van der Waals surface area contributed by atoms with Crippen LogP contribution in [0.15, 0.2) is 17.3 Å². The van der Waals surface area contributed by atoms with E-state index in [1.807, 2.05) is 6.92 Å². The molecule has 2 rings (SSSR count). The third-order valence-electron chi connectivity index (χ3n) is 4.31. The fraction of sp³-hybridized carbons (Fsp3) is 0.533. The van der Waals surface area contributed by atoms with Crippen molar-refractivity contribution in [1.82, 2.24) is 0 Å². The molecule has 0 amide bonds. The van der Waals surface area contributed by atoms with E-state index in [0.29, 0.717) is 18.4 Å². The molecule has 3 unspecified atom stereocenters. The van der Waals surface area contributed by atoms with Gasteiger partial charge in [-0.15, -0.1) is 0 Å². The summed E-state index contributed by atoms with van der Waals surface area (Å²) in [5.74, 6) is -0.961. The van der Waals surface area contributed by atoms with Gasteiger partial charge in [0.05, 0.1) is 0 Å². The van der Waals surface area contributed by atoms with E-state index in [1.165, 1.54) is 0 Å². The summed E-state index contributed by atoms with van der Waals surface area (Å²) in [4.78, 5) is 1.78. The number of nitrogens with zero attached hydrogens (tertiary/aromatic N) is 2. The van der Waals surface area contributed by atoms with Gasteiger partial charge in [-0.2, -0.15) is 0 Å². The number of hydrogen-bond donors (Lipinski definition) is 2. The molecule has 0 bridgehead atoms. The molecule has 3 atom stereocenters. The fourth-order valence-corrected chi connectivity index (χ4v) is 3.06. The number of halogens is 2. The van der Waals surface area contributed by atoms with Crippen LogP contribution in [0, 0.1) is 23.5 Å². The van der Waals surface area contributed by atoms with Crippen LogP contribution in [0.5, 0.6) is 0 Å². The molecule has 1 aliphatic heterocycles. The van der Waals surface area contributed by atoms with Crippen molar-refractivity contribution in [2.75, 3.05) is 11.4 Å². The van der Waals surface area contributed by atoms with E-state index in [4.69, 9.17) is 10.9 Å². The summed E-state index contributed by atoms with van der Waals surface area (Å²) in [5, 5.41) is 11.4. The maximum Gasteiger partial charge on any atom is 0.170 e. The lowest BCUT2D eigenvalue weighted by atomic mass is 9.85. The highest BCUT2D eigenvalue weighted by molar-refractivity contribution is 5.97. The zero-order valence-electron chi connectivity index (χ0n) is 12.5. The van der Waals surface area contributed by atoms with Crippen molar-refractivity contribution < 1.29 is 14.0 Å². The second kappa shape index (κ2) is 5.87. The molecule has 0 aromatic heterocycles. The Hall–Kier alpha value is -1.85. The Bertz CT molecular complexity index is 539. The fourth-order valence-electron chi connectivity index (χ4n) is 3.06. The van der Waals surface area contributed by atoms with Crippen LogP contribution in [-0.2, 0) is 0 Å². The summed E-state index contributed by atoms with van der Waals surface area (Å²) in [6.07, 6.45) is 1.04. The third-order valence-corrected chi connectivity index (χ3v) is 4.31. The van der Waals surface area contributed by atoms with E-state index in [0.717, 1.165) is 18.6 Å². The molecule has 1 saturated heterocycles. The minimum absolute atomic E-state index is 0.0296. The summed E-state index contributed by atoms with van der Waals surface area (Å²) in [5.41, 5.74) is 5.38. The van der Waals surface area contributed by atoms with Gasteiger partial charge in [0.1, 0.15) is 17.3 Å². The van der Waals surface area contributed by atoms with E-state index in [2.05, 4.69) is 19.0 Å². The summed E-state index contributed by atoms with van der Waals surface area (Å²) in [6, 6.07) is 2.26. The average Bonchev–Trinajstić information content (AvgIpc) is 2.42. The number of rotatable bonds is 2. The van der Waals surface area contributed by atoms with Gasteiger partial charge in [0, 0.05) is 18.2 Å². The normalized spacial score (nSPS) is 27.0. The molecule has 0 spiro atoms. The zero-order valence-corrected chi connectivity index (χ0v) is 12.5. The van der Waals surface area contributed by atoms with E-state index >= 15 is 0 Å². The van der Waals surface area contributed by atoms with Gasteiger partial charge in [0.15, 0.2) is 5.84 Å². The average molecular weight is 297 g/mol. The van der Waals surface area contributed by atoms with Gasteiger partial charge >= 0.3 is 0 Å². The predicted octanol–water partition coefficient (Wildman–Crippen LogP) is 2.93. The number of benzene rings is 1. The molecule has 21 heavy (non-hydrogen) atoms. The third kappa shape index (κ3) is 2.94. The molecule has 4 nitrogen and oxygen atoms in total. The summed E-state index contributed by atoms with van der Waals surface area (Å²) in [7, 11) is 0. The molecule has 1 aliphatic rings. The lowest BCUT2D eigenvalue weighted by molar-refractivity contribution is 0.293. The standard InChI is InChI=1S/C15H21F2N3O/c1-8-4-9(2)10(3)20(7-8)14-12(16)5-11(6-13(14)17)15(18)19-21/h5-6,8-10,21H,4,7H2,1-3H3,(H2,18,19). The Morgan fingerprint density at radius 3 is 2.38 bits per heavy atom. The first kappa shape index (κ1) is 15.5. The predicted molar refractivity (Wildman–Crippen MR) is 78.6 cm³/mol. The molecule has 1 aromatic rings. The van der Waals surface area contributed by atoms with Crippen LogP contribution in [0.3, 0.4) is 0 Å². The number of nitrogens with two attached hydrogens (primary N) is 1. The first-order valence-corrected chi connectivity index (χ1v) is 7.08. The molecule has 0 saturated carbocycles. The van der Waals surface area contributed by atoms with Crippen molar-refractivity contribution in [3.63, 3.8) is 0 Å². The zero-order chi connectivity index (χ0) is 15.7. The molecule has 1 fully saturated rings. The van der Waals surface area contributed by atoms with Gasteiger partial charge in [0.2, 0.25) is 0 Å². The Morgan fingerprint density at radius 2 is 1.86 bits per heavy atom. The molecule has 116 valence electrons. The van der Waals surface area contributed by atoms with Crippen molar-refractivity contribution in [3.05, 3.63) is 29.3 Å². The maximum atomic E-state index is 14.3. The maximum absolute atomic E-state index is 14.3. The van der Waals surface area contributed by atoms with Crippen LogP contribution in [0.2, 0.25) is 0 Å². The van der Waals surface area contributed by atoms with Crippen LogP contribution in [-0.4, -0.2) is 23.6 Å². The minimum atomic E-state index is -0.690. The molecular formula is C15H21F2N3O. The SMILES string of the molecule is CC1CC(C)C(C)N(c2c(F)cc(C(N)=NO)cc2F)C1. The van der Waals surface area contributed by atoms with Crippen LogP contribution >= 0.6 is 0 Å². The van der Waals surface area contributed by atoms with Gasteiger partial charge in [0.25, 0.3) is 0 Å². The number of piperidine rings is 1. The van der Waals surface area contributed by atoms with Gasteiger partial charge in [-0.05, 0) is 37.3 Å². The Kier molecular flexibility index (Phi) is 4.34. The molecular weight excluding hydrogens is 276 g/mol. The summed E-state index contributed by atoms with van der Waals surface area (Å²) < 4.78 is 28.7. The van der Waals surface area contributed by atoms with Gasteiger partial charge < -0.3 is 15.8 Å². The van der Waals surface area contributed by atoms with E-state index < -0.39 is 11.6 Å². The molecule has 1 heterocycles. The number of oxime groups is 1. The lowest BCUT2D eigenvalue weighted by Crippen LogP contribution is -2.46. The summed E-state index contributed by atoms with van der Waals surface area (Å²) >= 11 is 0. The topological polar surface area (TPSA) is 61.8 Å². The molecule has 0 aliphatic carbocycles. The molecule has 1 aromatic carbocycles. The Balaban J connectivity index is 2.44. The van der Waals surface area contributed by atoms with Crippen LogP contribution in [0.1, 0.15) is 32.8 Å². The first-order chi connectivity index (χ1) is 9.85. The van der Waals surface area contributed by atoms with Crippen LogP contribution < -0.4 is 10.6 Å². The first-order valence-electron chi connectivity index (χ1n) is 7.08. The number of anilines is 1. The monoisotopic (exact) mass is 297 g/mol. The highest BCUT2D eigenvalue weighted by Gasteiger charge is 2.32. The van der Waals surface area contributed by atoms with Crippen molar-refractivity contribution in [1.29, 1.82) is 0 Å². The van der Waals surface area contributed by atoms with Crippen LogP contribution in [0.25, 0.3) is 0 Å². The molecule has 3 N–H and O–H groups in total. The lowest BCUT2D eigenvalue weighted by Gasteiger charge is -2.42. The number of hydrogen-bond acceptors (Lipinski definition) is 3. The quantitative estimate of drug-likeness (QED) is 0.382. The summed E-state index contributed by atoms with van der Waals surface area (Å²) in [6.45, 7) is 6.76. The van der Waals surface area contributed by atoms with Crippen molar-refractivity contribution in [2.45, 2.75) is 33.2 Å². The van der Waals surface area contributed by atoms with E-state index in [1.54, 1.807) is 4.90 Å². The van der Waals surface area contributed by atoms with Gasteiger partial charge in [-0.1, -0.05) is 19.0 Å². The number of amidine groups is 1. The van der Waals surface area contributed by atoms with Crippen molar-refractivity contribution in [3.8, 4) is 0 Å². The minimum Gasteiger partial charge on any atom is -0.409 e. The van der Waals surface area contributed by atoms with Crippen molar-refractivity contribution >= 4 is 11.5 Å². The van der Waals surface area contributed by atoms with E-state index in [-0.39, 0.29) is 23.1 Å². The largest absolute Gasteiger partial charge is 0.409 e. The van der Waals surface area contributed by atoms with Crippen LogP contribution in [0.4, 0.5) is 14.5 Å². The van der Waals surface area contributed by atoms with Gasteiger partial charge in [-0.25, -0.2) is 8.78 Å². The van der Waals surface area contributed by atoms with Crippen molar-refractivity contribution in [2.24, 2.45) is 22.7 Å². The molecule has 6 heteroatoms. The highest BCUT2D eigenvalue weighted by atomic mass is 19.1. The highest BCUT2D eigenvalue weighted by Crippen LogP contribution is 2.34. The molecule has 0 radical (unpaired) electrons. The second-order valence-electron chi connectivity index (χ2n) is 5.98. The van der Waals surface area contributed by atoms with E-state index in [9.17, 15) is 8.78 Å². The smallest absolute Gasteiger partial charge is 0.170 e. The second-order valence-corrected chi connectivity index (χ2v) is 5.98.